The molecule has 16 heavy (non-hydrogen) atoms. The van der Waals surface area contributed by atoms with Gasteiger partial charge in [-0.25, -0.2) is 0 Å². The minimum atomic E-state index is -1.35. The normalized spacial score (nSPS) is 31.1. The van der Waals surface area contributed by atoms with E-state index in [0.717, 1.165) is 0 Å². The lowest BCUT2D eigenvalue weighted by Crippen LogP contribution is -2.52. The summed E-state index contributed by atoms with van der Waals surface area (Å²) >= 11 is 0. The van der Waals surface area contributed by atoms with Gasteiger partial charge in [0, 0.05) is 6.04 Å². The largest absolute Gasteiger partial charge is 0.480 e. The molecule has 5 heteroatoms. The van der Waals surface area contributed by atoms with Crippen LogP contribution in [-0.2, 0) is 14.3 Å². The van der Waals surface area contributed by atoms with Gasteiger partial charge in [-0.15, -0.1) is 0 Å². The van der Waals surface area contributed by atoms with Crippen molar-refractivity contribution in [1.29, 1.82) is 0 Å². The van der Waals surface area contributed by atoms with Gasteiger partial charge in [-0.2, -0.15) is 0 Å². The number of ether oxygens (including phenoxy) is 1. The number of aliphatic carboxylic acids is 1. The molecular formula is C11H19NO4. The second-order valence-electron chi connectivity index (χ2n) is 4.39. The van der Waals surface area contributed by atoms with Crippen molar-refractivity contribution >= 4 is 11.9 Å². The third-order valence-corrected chi connectivity index (χ3v) is 3.36. The van der Waals surface area contributed by atoms with Crippen molar-refractivity contribution in [3.05, 3.63) is 0 Å². The van der Waals surface area contributed by atoms with Gasteiger partial charge >= 0.3 is 11.9 Å². The molecule has 1 N–H and O–H groups in total. The number of piperidine rings is 1. The van der Waals surface area contributed by atoms with Crippen LogP contribution in [0.25, 0.3) is 0 Å². The number of carboxylic acid groups (broad SMARTS) is 1. The maximum atomic E-state index is 11.8. The lowest BCUT2D eigenvalue weighted by molar-refractivity contribution is -0.173. The fraction of sp³-hybridized carbons (Fsp3) is 0.818. The molecule has 1 fully saturated rings. The molecule has 0 saturated carbocycles. The van der Waals surface area contributed by atoms with Crippen molar-refractivity contribution in [2.75, 3.05) is 20.2 Å². The fourth-order valence-electron chi connectivity index (χ4n) is 2.09. The lowest BCUT2D eigenvalue weighted by atomic mass is 9.75. The van der Waals surface area contributed by atoms with Gasteiger partial charge in [-0.05, 0) is 40.3 Å². The van der Waals surface area contributed by atoms with E-state index in [2.05, 4.69) is 4.90 Å². The van der Waals surface area contributed by atoms with E-state index in [0.29, 0.717) is 19.4 Å². The van der Waals surface area contributed by atoms with Crippen LogP contribution in [0.15, 0.2) is 0 Å². The van der Waals surface area contributed by atoms with Crippen LogP contribution in [0.1, 0.15) is 26.7 Å². The predicted molar refractivity (Wildman–Crippen MR) is 58.0 cm³/mol. The number of carbonyl (C=O) groups excluding carboxylic acids is 1. The van der Waals surface area contributed by atoms with Crippen molar-refractivity contribution in [2.24, 2.45) is 5.41 Å². The van der Waals surface area contributed by atoms with Crippen LogP contribution in [-0.4, -0.2) is 48.2 Å². The number of nitrogens with zero attached hydrogens (tertiary/aromatic N) is 1. The Bertz CT molecular complexity index is 292. The quantitative estimate of drug-likeness (QED) is 0.571. The van der Waals surface area contributed by atoms with Gasteiger partial charge in [0.25, 0.3) is 0 Å². The van der Waals surface area contributed by atoms with Crippen molar-refractivity contribution < 1.29 is 19.4 Å². The second kappa shape index (κ2) is 4.82. The van der Waals surface area contributed by atoms with Crippen LogP contribution >= 0.6 is 0 Å². The molecule has 0 spiro atoms. The number of likely N-dealkylation sites (tertiary alicyclic amines) is 1. The summed E-state index contributed by atoms with van der Waals surface area (Å²) in [6.45, 7) is 4.44. The van der Waals surface area contributed by atoms with E-state index in [4.69, 9.17) is 4.74 Å². The Balaban J connectivity index is 2.90. The fourth-order valence-corrected chi connectivity index (χ4v) is 2.09. The number of carboxylic acids is 1. The Labute approximate surface area is 95.4 Å². The van der Waals surface area contributed by atoms with E-state index in [1.807, 2.05) is 14.0 Å². The number of esters is 1. The molecule has 1 rings (SSSR count). The van der Waals surface area contributed by atoms with Gasteiger partial charge in [-0.3, -0.25) is 9.59 Å². The highest BCUT2D eigenvalue weighted by molar-refractivity contribution is 5.99. The molecule has 2 atom stereocenters. The van der Waals surface area contributed by atoms with E-state index < -0.39 is 17.4 Å². The Hall–Kier alpha value is -1.10. The molecule has 1 aliphatic heterocycles. The molecule has 0 bridgehead atoms. The molecular weight excluding hydrogens is 210 g/mol. The summed E-state index contributed by atoms with van der Waals surface area (Å²) in [7, 11) is 1.93. The average Bonchev–Trinajstić information content (AvgIpc) is 2.22. The van der Waals surface area contributed by atoms with Gasteiger partial charge in [0.05, 0.1) is 6.61 Å². The van der Waals surface area contributed by atoms with Crippen LogP contribution < -0.4 is 0 Å². The maximum absolute atomic E-state index is 11.8. The summed E-state index contributed by atoms with van der Waals surface area (Å²) in [5, 5.41) is 9.27. The van der Waals surface area contributed by atoms with Gasteiger partial charge in [-0.1, -0.05) is 0 Å². The van der Waals surface area contributed by atoms with Crippen LogP contribution in [0.4, 0.5) is 0 Å². The molecule has 0 aromatic carbocycles. The first kappa shape index (κ1) is 13.0. The van der Waals surface area contributed by atoms with Gasteiger partial charge in [0.15, 0.2) is 5.41 Å². The van der Waals surface area contributed by atoms with Crippen molar-refractivity contribution in [3.8, 4) is 0 Å². The van der Waals surface area contributed by atoms with Crippen molar-refractivity contribution in [3.63, 3.8) is 0 Å². The molecule has 5 nitrogen and oxygen atoms in total. The summed E-state index contributed by atoms with van der Waals surface area (Å²) in [6, 6.07) is 0.0780. The first-order chi connectivity index (χ1) is 7.44. The Kier molecular flexibility index (Phi) is 3.91. The topological polar surface area (TPSA) is 66.8 Å². The molecule has 0 aromatic heterocycles. The van der Waals surface area contributed by atoms with Crippen molar-refractivity contribution in [2.45, 2.75) is 32.7 Å². The van der Waals surface area contributed by atoms with Crippen molar-refractivity contribution in [1.82, 2.24) is 4.90 Å². The first-order valence-corrected chi connectivity index (χ1v) is 5.55. The maximum Gasteiger partial charge on any atom is 0.323 e. The molecule has 1 heterocycles. The monoisotopic (exact) mass is 229 g/mol. The van der Waals surface area contributed by atoms with E-state index in [9.17, 15) is 14.7 Å². The highest BCUT2D eigenvalue weighted by Crippen LogP contribution is 2.36. The molecule has 0 amide bonds. The Morgan fingerprint density at radius 1 is 1.56 bits per heavy atom. The summed E-state index contributed by atoms with van der Waals surface area (Å²) < 4.78 is 4.89. The average molecular weight is 229 g/mol. The molecule has 92 valence electrons. The SMILES string of the molecule is CCOC(=O)C1(C(=O)O)CCN(C)C(C)C1. The third kappa shape index (κ3) is 2.19. The van der Waals surface area contributed by atoms with E-state index >= 15 is 0 Å². The summed E-state index contributed by atoms with van der Waals surface area (Å²) in [4.78, 5) is 25.2. The van der Waals surface area contributed by atoms with Crippen LogP contribution in [0.3, 0.4) is 0 Å². The first-order valence-electron chi connectivity index (χ1n) is 5.55. The van der Waals surface area contributed by atoms with Gasteiger partial charge in [0.2, 0.25) is 0 Å². The highest BCUT2D eigenvalue weighted by Gasteiger charge is 2.51. The van der Waals surface area contributed by atoms with Gasteiger partial charge < -0.3 is 14.7 Å². The summed E-state index contributed by atoms with van der Waals surface area (Å²) in [6.07, 6.45) is 0.639. The number of carbonyl (C=O) groups is 2. The van der Waals surface area contributed by atoms with E-state index in [1.54, 1.807) is 6.92 Å². The predicted octanol–water partition coefficient (Wildman–Crippen LogP) is 0.735. The molecule has 2 unspecified atom stereocenters. The van der Waals surface area contributed by atoms with E-state index in [-0.39, 0.29) is 12.6 Å². The summed E-state index contributed by atoms with van der Waals surface area (Å²) in [5.74, 6) is -1.66. The third-order valence-electron chi connectivity index (χ3n) is 3.36. The minimum Gasteiger partial charge on any atom is -0.480 e. The standard InChI is InChI=1S/C11H19NO4/c1-4-16-10(15)11(9(13)14)5-6-12(3)8(2)7-11/h8H,4-7H2,1-3H3,(H,13,14). The number of hydrogen-bond donors (Lipinski definition) is 1. The lowest BCUT2D eigenvalue weighted by Gasteiger charge is -2.39. The summed E-state index contributed by atoms with van der Waals surface area (Å²) in [5.41, 5.74) is -1.35. The van der Waals surface area contributed by atoms with Crippen LogP contribution in [0.2, 0.25) is 0 Å². The molecule has 1 aliphatic rings. The Morgan fingerprint density at radius 2 is 2.19 bits per heavy atom. The zero-order valence-electron chi connectivity index (χ0n) is 10.0. The molecule has 1 saturated heterocycles. The molecule has 0 aromatic rings. The zero-order valence-corrected chi connectivity index (χ0v) is 10.0. The highest BCUT2D eigenvalue weighted by atomic mass is 16.5. The van der Waals surface area contributed by atoms with Crippen LogP contribution in [0.5, 0.6) is 0 Å². The molecule has 0 aliphatic carbocycles. The van der Waals surface area contributed by atoms with Crippen LogP contribution in [0, 0.1) is 5.41 Å². The zero-order chi connectivity index (χ0) is 12.3. The minimum absolute atomic E-state index is 0.0780. The van der Waals surface area contributed by atoms with Gasteiger partial charge in [0.1, 0.15) is 0 Å². The number of hydrogen-bond acceptors (Lipinski definition) is 4. The second-order valence-corrected chi connectivity index (χ2v) is 4.39. The smallest absolute Gasteiger partial charge is 0.323 e. The van der Waals surface area contributed by atoms with E-state index in [1.165, 1.54) is 0 Å². The molecule has 0 radical (unpaired) electrons. The Morgan fingerprint density at radius 3 is 2.62 bits per heavy atom. The number of rotatable bonds is 3.